The lowest BCUT2D eigenvalue weighted by Crippen LogP contribution is -2.15. The van der Waals surface area contributed by atoms with Gasteiger partial charge in [-0.15, -0.1) is 10.2 Å². The molecule has 9 nitrogen and oxygen atoms in total. The molecule has 2 heterocycles. The minimum absolute atomic E-state index is 0.151. The maximum atomic E-state index is 12.2. The number of hydrogen-bond donors (Lipinski definition) is 1. The van der Waals surface area contributed by atoms with Crippen LogP contribution in [-0.2, 0) is 4.74 Å². The molecule has 0 aliphatic rings. The normalized spacial score (nSPS) is 10.3. The second-order valence-corrected chi connectivity index (χ2v) is 4.87. The molecule has 0 spiro atoms. The highest BCUT2D eigenvalue weighted by Crippen LogP contribution is 2.12. The van der Waals surface area contributed by atoms with Crippen molar-refractivity contribution >= 4 is 17.6 Å². The molecule has 0 fully saturated rings. The smallest absolute Gasteiger partial charge is 0.338 e. The number of aromatic nitrogens is 5. The van der Waals surface area contributed by atoms with Crippen LogP contribution in [0, 0.1) is 0 Å². The molecule has 3 aromatic rings. The van der Waals surface area contributed by atoms with Gasteiger partial charge < -0.3 is 10.1 Å². The summed E-state index contributed by atoms with van der Waals surface area (Å²) in [6.07, 6.45) is 2.86. The van der Waals surface area contributed by atoms with Gasteiger partial charge in [0.1, 0.15) is 12.7 Å². The Hall–Kier alpha value is -3.62. The number of amides is 1. The molecule has 126 valence electrons. The second kappa shape index (κ2) is 7.30. The molecule has 0 radical (unpaired) electrons. The summed E-state index contributed by atoms with van der Waals surface area (Å²) in [5.74, 6) is -0.371. The van der Waals surface area contributed by atoms with Crippen LogP contribution in [0.15, 0.2) is 49.1 Å². The van der Waals surface area contributed by atoms with E-state index in [0.29, 0.717) is 23.7 Å². The highest BCUT2D eigenvalue weighted by Gasteiger charge is 2.11. The monoisotopic (exact) mass is 338 g/mol. The molecule has 0 unspecified atom stereocenters. The summed E-state index contributed by atoms with van der Waals surface area (Å²) in [7, 11) is 0. The highest BCUT2D eigenvalue weighted by molar-refractivity contribution is 6.03. The van der Waals surface area contributed by atoms with Crippen molar-refractivity contribution in [2.75, 3.05) is 11.9 Å². The van der Waals surface area contributed by atoms with Crippen LogP contribution in [0.2, 0.25) is 0 Å². The molecule has 0 saturated carbocycles. The molecular formula is C16H14N6O3. The Morgan fingerprint density at radius 3 is 2.52 bits per heavy atom. The molecule has 0 aliphatic carbocycles. The number of hydrogen-bond acceptors (Lipinski definition) is 7. The molecule has 1 aromatic carbocycles. The second-order valence-electron chi connectivity index (χ2n) is 4.87. The zero-order valence-electron chi connectivity index (χ0n) is 13.3. The van der Waals surface area contributed by atoms with Gasteiger partial charge in [0.15, 0.2) is 11.5 Å². The summed E-state index contributed by atoms with van der Waals surface area (Å²) in [6.45, 7) is 2.04. The molecule has 25 heavy (non-hydrogen) atoms. The van der Waals surface area contributed by atoms with E-state index in [1.807, 2.05) is 0 Å². The Morgan fingerprint density at radius 1 is 1.12 bits per heavy atom. The van der Waals surface area contributed by atoms with Gasteiger partial charge in [-0.05, 0) is 43.3 Å². The summed E-state index contributed by atoms with van der Waals surface area (Å²) >= 11 is 0. The fourth-order valence-corrected chi connectivity index (χ4v) is 1.99. The molecule has 0 aliphatic heterocycles. The first kappa shape index (κ1) is 16.2. The van der Waals surface area contributed by atoms with Crippen molar-refractivity contribution < 1.29 is 14.3 Å². The summed E-state index contributed by atoms with van der Waals surface area (Å²) < 4.78 is 6.34. The quantitative estimate of drug-likeness (QED) is 0.701. The van der Waals surface area contributed by atoms with E-state index in [9.17, 15) is 9.59 Å². The van der Waals surface area contributed by atoms with Gasteiger partial charge in [-0.1, -0.05) is 0 Å². The first-order valence-corrected chi connectivity index (χ1v) is 7.44. The van der Waals surface area contributed by atoms with E-state index in [-0.39, 0.29) is 5.69 Å². The first-order valence-electron chi connectivity index (χ1n) is 7.44. The van der Waals surface area contributed by atoms with Crippen LogP contribution in [-0.4, -0.2) is 43.4 Å². The van der Waals surface area contributed by atoms with Crippen LogP contribution in [0.5, 0.6) is 0 Å². The summed E-state index contributed by atoms with van der Waals surface area (Å²) in [6, 6.07) is 9.52. The number of ether oxygens (including phenoxy) is 1. The third-order valence-corrected chi connectivity index (χ3v) is 3.19. The van der Waals surface area contributed by atoms with E-state index in [4.69, 9.17) is 4.74 Å². The van der Waals surface area contributed by atoms with Crippen LogP contribution in [0.25, 0.3) is 5.82 Å². The molecule has 0 atom stereocenters. The van der Waals surface area contributed by atoms with Crippen LogP contribution >= 0.6 is 0 Å². The van der Waals surface area contributed by atoms with E-state index >= 15 is 0 Å². The SMILES string of the molecule is CCOC(=O)c1ccc(NC(=O)c2ccc(-n3cncn3)nn2)cc1. The van der Waals surface area contributed by atoms with Crippen molar-refractivity contribution in [2.45, 2.75) is 6.92 Å². The first-order chi connectivity index (χ1) is 12.2. The van der Waals surface area contributed by atoms with Crippen molar-refractivity contribution in [3.05, 3.63) is 60.3 Å². The summed E-state index contributed by atoms with van der Waals surface area (Å²) in [4.78, 5) is 27.6. The minimum atomic E-state index is -0.415. The van der Waals surface area contributed by atoms with Crippen LogP contribution in [0.4, 0.5) is 5.69 Å². The van der Waals surface area contributed by atoms with Gasteiger partial charge >= 0.3 is 5.97 Å². The van der Waals surface area contributed by atoms with Crippen molar-refractivity contribution in [1.29, 1.82) is 0 Å². The number of nitrogens with zero attached hydrogens (tertiary/aromatic N) is 5. The van der Waals surface area contributed by atoms with Crippen molar-refractivity contribution in [1.82, 2.24) is 25.0 Å². The van der Waals surface area contributed by atoms with Crippen LogP contribution < -0.4 is 5.32 Å². The number of esters is 1. The van der Waals surface area contributed by atoms with Gasteiger partial charge in [0.25, 0.3) is 5.91 Å². The molecule has 9 heteroatoms. The van der Waals surface area contributed by atoms with E-state index in [1.165, 1.54) is 23.4 Å². The van der Waals surface area contributed by atoms with E-state index < -0.39 is 11.9 Å². The van der Waals surface area contributed by atoms with E-state index in [1.54, 1.807) is 37.3 Å². The number of carbonyl (C=O) groups excluding carboxylic acids is 2. The zero-order chi connectivity index (χ0) is 17.6. The van der Waals surface area contributed by atoms with Gasteiger partial charge in [0.05, 0.1) is 12.2 Å². The standard InChI is InChI=1S/C16H14N6O3/c1-2-25-16(24)11-3-5-12(6-4-11)19-15(23)13-7-8-14(21-20-13)22-10-17-9-18-22/h3-10H,2H2,1H3,(H,19,23). The highest BCUT2D eigenvalue weighted by atomic mass is 16.5. The average molecular weight is 338 g/mol. The number of rotatable bonds is 5. The van der Waals surface area contributed by atoms with Gasteiger partial charge in [0.2, 0.25) is 0 Å². The maximum Gasteiger partial charge on any atom is 0.338 e. The average Bonchev–Trinajstić information content (AvgIpc) is 3.17. The fourth-order valence-electron chi connectivity index (χ4n) is 1.99. The van der Waals surface area contributed by atoms with Crippen molar-refractivity contribution in [3.8, 4) is 5.82 Å². The molecular weight excluding hydrogens is 324 g/mol. The Labute approximate surface area is 142 Å². The lowest BCUT2D eigenvalue weighted by atomic mass is 10.2. The lowest BCUT2D eigenvalue weighted by Gasteiger charge is -2.06. The topological polar surface area (TPSA) is 112 Å². The molecule has 1 N–H and O–H groups in total. The molecule has 0 bridgehead atoms. The van der Waals surface area contributed by atoms with Gasteiger partial charge in [0, 0.05) is 5.69 Å². The van der Waals surface area contributed by atoms with Gasteiger partial charge in [-0.25, -0.2) is 14.5 Å². The van der Waals surface area contributed by atoms with Gasteiger partial charge in [-0.3, -0.25) is 4.79 Å². The Bertz CT molecular complexity index is 860. The predicted octanol–water partition coefficient (Wildman–Crippen LogP) is 1.49. The van der Waals surface area contributed by atoms with Crippen LogP contribution in [0.3, 0.4) is 0 Å². The predicted molar refractivity (Wildman–Crippen MR) is 87.3 cm³/mol. The number of benzene rings is 1. The Balaban J connectivity index is 1.66. The van der Waals surface area contributed by atoms with Crippen molar-refractivity contribution in [2.24, 2.45) is 0 Å². The summed E-state index contributed by atoms with van der Waals surface area (Å²) in [5.41, 5.74) is 1.09. The summed E-state index contributed by atoms with van der Waals surface area (Å²) in [5, 5.41) is 14.4. The van der Waals surface area contributed by atoms with E-state index in [0.717, 1.165) is 0 Å². The lowest BCUT2D eigenvalue weighted by molar-refractivity contribution is 0.0526. The zero-order valence-corrected chi connectivity index (χ0v) is 13.3. The third-order valence-electron chi connectivity index (χ3n) is 3.19. The molecule has 0 saturated heterocycles. The Morgan fingerprint density at radius 2 is 1.92 bits per heavy atom. The molecule has 2 aromatic heterocycles. The van der Waals surface area contributed by atoms with E-state index in [2.05, 4.69) is 25.6 Å². The third kappa shape index (κ3) is 3.83. The number of carbonyl (C=O) groups is 2. The molecule has 3 rings (SSSR count). The minimum Gasteiger partial charge on any atom is -0.462 e. The maximum absolute atomic E-state index is 12.2. The molecule has 1 amide bonds. The largest absolute Gasteiger partial charge is 0.462 e. The number of anilines is 1. The van der Waals surface area contributed by atoms with Crippen molar-refractivity contribution in [3.63, 3.8) is 0 Å². The number of nitrogens with one attached hydrogen (secondary N) is 1. The Kier molecular flexibility index (Phi) is 4.74. The van der Waals surface area contributed by atoms with Gasteiger partial charge in [-0.2, -0.15) is 5.10 Å². The van der Waals surface area contributed by atoms with Crippen LogP contribution in [0.1, 0.15) is 27.8 Å². The fraction of sp³-hybridized carbons (Fsp3) is 0.125.